The van der Waals surface area contributed by atoms with E-state index in [1.54, 1.807) is 19.1 Å². The Morgan fingerprint density at radius 1 is 1.21 bits per heavy atom. The summed E-state index contributed by atoms with van der Waals surface area (Å²) >= 11 is 1.34. The van der Waals surface area contributed by atoms with E-state index in [1.165, 1.54) is 17.4 Å². The molecular formula is C21H18N4O3S. The van der Waals surface area contributed by atoms with Crippen LogP contribution in [0.1, 0.15) is 22.8 Å². The smallest absolute Gasteiger partial charge is 0.307 e. The average Bonchev–Trinajstić information content (AvgIpc) is 3.16. The van der Waals surface area contributed by atoms with Gasteiger partial charge in [-0.05, 0) is 37.6 Å². The van der Waals surface area contributed by atoms with E-state index in [2.05, 4.69) is 15.3 Å². The quantitative estimate of drug-likeness (QED) is 0.543. The fraction of sp³-hybridized carbons (Fsp3) is 0.143. The minimum Gasteiger partial charge on any atom is -0.307 e. The third-order valence-corrected chi connectivity index (χ3v) is 5.46. The Morgan fingerprint density at radius 2 is 2.00 bits per heavy atom. The van der Waals surface area contributed by atoms with Crippen LogP contribution in [0.25, 0.3) is 22.2 Å². The summed E-state index contributed by atoms with van der Waals surface area (Å²) in [6, 6.07) is 12.5. The molecule has 0 fully saturated rings. The first-order chi connectivity index (χ1) is 14.0. The molecule has 4 aromatic rings. The van der Waals surface area contributed by atoms with Crippen molar-refractivity contribution in [2.75, 3.05) is 5.32 Å². The zero-order chi connectivity index (χ0) is 20.5. The lowest BCUT2D eigenvalue weighted by molar-refractivity contribution is 0.102. The lowest BCUT2D eigenvalue weighted by Crippen LogP contribution is -2.34. The number of benzene rings is 2. The molecule has 0 saturated heterocycles. The Labute approximate surface area is 169 Å². The molecule has 0 aliphatic carbocycles. The second-order valence-corrected chi connectivity index (χ2v) is 7.40. The lowest BCUT2D eigenvalue weighted by Gasteiger charge is -2.06. The minimum atomic E-state index is -0.495. The fourth-order valence-electron chi connectivity index (χ4n) is 3.17. The highest BCUT2D eigenvalue weighted by Gasteiger charge is 2.13. The van der Waals surface area contributed by atoms with Gasteiger partial charge in [-0.2, -0.15) is 0 Å². The van der Waals surface area contributed by atoms with Gasteiger partial charge < -0.3 is 4.98 Å². The van der Waals surface area contributed by atoms with Crippen LogP contribution in [-0.4, -0.2) is 20.4 Å². The van der Waals surface area contributed by atoms with Gasteiger partial charge in [0, 0.05) is 23.1 Å². The summed E-state index contributed by atoms with van der Waals surface area (Å²) in [6.45, 7) is 4.01. The molecule has 0 unspecified atom stereocenters. The lowest BCUT2D eigenvalue weighted by atomic mass is 10.1. The summed E-state index contributed by atoms with van der Waals surface area (Å²) < 4.78 is 1.12. The number of hydrogen-bond acceptors (Lipinski definition) is 5. The first-order valence-corrected chi connectivity index (χ1v) is 9.95. The van der Waals surface area contributed by atoms with E-state index in [-0.39, 0.29) is 18.0 Å². The Balaban J connectivity index is 1.62. The standard InChI is InChI=1S/C21H18N4O3S/c1-3-25-19(27)15-9-8-13(10-16(15)23-21(25)28)18(26)24-20-22-17(11-29-20)14-7-5-4-6-12(14)2/h4-11H,3H2,1-2H3,(H,23,28)(H,22,24,26). The van der Waals surface area contributed by atoms with E-state index >= 15 is 0 Å². The first kappa shape index (κ1) is 18.8. The van der Waals surface area contributed by atoms with Crippen molar-refractivity contribution in [3.63, 3.8) is 0 Å². The van der Waals surface area contributed by atoms with Gasteiger partial charge in [0.05, 0.1) is 16.6 Å². The van der Waals surface area contributed by atoms with Crippen LogP contribution >= 0.6 is 11.3 Å². The number of nitrogens with zero attached hydrogens (tertiary/aromatic N) is 2. The van der Waals surface area contributed by atoms with Crippen LogP contribution < -0.4 is 16.6 Å². The Hall–Kier alpha value is -3.52. The zero-order valence-corrected chi connectivity index (χ0v) is 16.7. The third-order valence-electron chi connectivity index (χ3n) is 4.71. The number of hydrogen-bond donors (Lipinski definition) is 2. The van der Waals surface area contributed by atoms with Crippen LogP contribution in [0.5, 0.6) is 0 Å². The van der Waals surface area contributed by atoms with E-state index in [0.29, 0.717) is 21.6 Å². The van der Waals surface area contributed by atoms with Gasteiger partial charge in [-0.25, -0.2) is 9.78 Å². The highest BCUT2D eigenvalue weighted by Crippen LogP contribution is 2.27. The van der Waals surface area contributed by atoms with Crippen LogP contribution in [0.2, 0.25) is 0 Å². The van der Waals surface area contributed by atoms with Gasteiger partial charge in [0.25, 0.3) is 11.5 Å². The van der Waals surface area contributed by atoms with Crippen LogP contribution in [0.4, 0.5) is 5.13 Å². The molecule has 0 atom stereocenters. The summed E-state index contributed by atoms with van der Waals surface area (Å²) in [5.74, 6) is -0.363. The van der Waals surface area contributed by atoms with Gasteiger partial charge in [0.15, 0.2) is 5.13 Å². The fourth-order valence-corrected chi connectivity index (χ4v) is 3.87. The van der Waals surface area contributed by atoms with Crippen molar-refractivity contribution < 1.29 is 4.79 Å². The number of fused-ring (bicyclic) bond motifs is 1. The van der Waals surface area contributed by atoms with Crippen LogP contribution in [0.3, 0.4) is 0 Å². The molecule has 2 aromatic heterocycles. The van der Waals surface area contributed by atoms with Gasteiger partial charge in [0.1, 0.15) is 0 Å². The molecule has 2 heterocycles. The third kappa shape index (κ3) is 3.50. The summed E-state index contributed by atoms with van der Waals surface area (Å²) in [5, 5.41) is 5.50. The number of aryl methyl sites for hydroxylation is 1. The number of H-pyrrole nitrogens is 1. The molecule has 146 valence electrons. The highest BCUT2D eigenvalue weighted by atomic mass is 32.1. The van der Waals surface area contributed by atoms with Crippen molar-refractivity contribution in [1.82, 2.24) is 14.5 Å². The summed E-state index contributed by atoms with van der Waals surface area (Å²) in [5.41, 5.74) is 2.70. The van der Waals surface area contributed by atoms with Crippen molar-refractivity contribution in [3.8, 4) is 11.3 Å². The molecular weight excluding hydrogens is 388 g/mol. The largest absolute Gasteiger partial charge is 0.328 e. The number of rotatable bonds is 4. The Morgan fingerprint density at radius 3 is 2.76 bits per heavy atom. The molecule has 0 aliphatic rings. The van der Waals surface area contributed by atoms with Gasteiger partial charge in [-0.15, -0.1) is 11.3 Å². The van der Waals surface area contributed by atoms with Crippen molar-refractivity contribution in [2.24, 2.45) is 0 Å². The zero-order valence-electron chi connectivity index (χ0n) is 15.9. The Kier molecular flexibility index (Phi) is 4.85. The van der Waals surface area contributed by atoms with Crippen LogP contribution in [0.15, 0.2) is 57.4 Å². The molecule has 29 heavy (non-hydrogen) atoms. The predicted octanol–water partition coefficient (Wildman–Crippen LogP) is 3.39. The Bertz CT molecular complexity index is 1350. The number of thiazole rings is 1. The van der Waals surface area contributed by atoms with Gasteiger partial charge in [-0.3, -0.25) is 19.5 Å². The van der Waals surface area contributed by atoms with Crippen LogP contribution in [0, 0.1) is 6.92 Å². The minimum absolute atomic E-state index is 0.277. The number of carbonyl (C=O) groups is 1. The summed E-state index contributed by atoms with van der Waals surface area (Å²) in [4.78, 5) is 44.2. The van der Waals surface area contributed by atoms with Gasteiger partial charge >= 0.3 is 5.69 Å². The van der Waals surface area contributed by atoms with E-state index in [0.717, 1.165) is 21.4 Å². The van der Waals surface area contributed by atoms with Crippen molar-refractivity contribution in [3.05, 3.63) is 79.8 Å². The molecule has 1 amide bonds. The second kappa shape index (κ2) is 7.48. The molecule has 0 saturated carbocycles. The molecule has 0 spiro atoms. The number of anilines is 1. The van der Waals surface area contributed by atoms with Crippen LogP contribution in [-0.2, 0) is 6.54 Å². The number of carbonyl (C=O) groups excluding carboxylic acids is 1. The summed E-state index contributed by atoms with van der Waals surface area (Å²) in [7, 11) is 0. The van der Waals surface area contributed by atoms with E-state index < -0.39 is 5.69 Å². The van der Waals surface area contributed by atoms with Crippen molar-refractivity contribution in [2.45, 2.75) is 20.4 Å². The molecule has 0 radical (unpaired) electrons. The van der Waals surface area contributed by atoms with E-state index in [9.17, 15) is 14.4 Å². The summed E-state index contributed by atoms with van der Waals surface area (Å²) in [6.07, 6.45) is 0. The topological polar surface area (TPSA) is 96.8 Å². The normalized spacial score (nSPS) is 11.0. The highest BCUT2D eigenvalue weighted by molar-refractivity contribution is 7.14. The second-order valence-electron chi connectivity index (χ2n) is 6.55. The molecule has 2 aromatic carbocycles. The van der Waals surface area contributed by atoms with E-state index in [1.807, 2.05) is 36.6 Å². The maximum Gasteiger partial charge on any atom is 0.328 e. The molecule has 2 N–H and O–H groups in total. The molecule has 0 aliphatic heterocycles. The number of aromatic amines is 1. The predicted molar refractivity (Wildman–Crippen MR) is 115 cm³/mol. The molecule has 0 bridgehead atoms. The van der Waals surface area contributed by atoms with Gasteiger partial charge in [0.2, 0.25) is 0 Å². The monoisotopic (exact) mass is 406 g/mol. The molecule has 8 heteroatoms. The SMILES string of the molecule is CCn1c(=O)[nH]c2cc(C(=O)Nc3nc(-c4ccccc4C)cs3)ccc2c1=O. The number of nitrogens with one attached hydrogen (secondary N) is 2. The number of aromatic nitrogens is 3. The molecule has 4 rings (SSSR count). The number of amides is 1. The van der Waals surface area contributed by atoms with Gasteiger partial charge in [-0.1, -0.05) is 24.3 Å². The van der Waals surface area contributed by atoms with E-state index in [4.69, 9.17) is 0 Å². The van der Waals surface area contributed by atoms with Crippen molar-refractivity contribution >= 4 is 33.3 Å². The maximum atomic E-state index is 12.6. The molecule has 7 nitrogen and oxygen atoms in total. The van der Waals surface area contributed by atoms with Crippen molar-refractivity contribution in [1.29, 1.82) is 0 Å². The first-order valence-electron chi connectivity index (χ1n) is 9.07. The average molecular weight is 406 g/mol. The maximum absolute atomic E-state index is 12.6.